The SMILES string of the molecule is COc1ccc(C2CC2CCO)cn1. The van der Waals surface area contributed by atoms with Crippen molar-refractivity contribution >= 4 is 0 Å². The smallest absolute Gasteiger partial charge is 0.212 e. The first-order valence-corrected chi connectivity index (χ1v) is 4.96. The Morgan fingerprint density at radius 1 is 1.57 bits per heavy atom. The second-order valence-corrected chi connectivity index (χ2v) is 3.75. The molecule has 1 aromatic heterocycles. The highest BCUT2D eigenvalue weighted by Gasteiger charge is 2.37. The molecule has 2 unspecified atom stereocenters. The zero-order valence-electron chi connectivity index (χ0n) is 8.31. The molecule has 2 atom stereocenters. The van der Waals surface area contributed by atoms with Gasteiger partial charge in [0.15, 0.2) is 0 Å². The van der Waals surface area contributed by atoms with Crippen LogP contribution in [0.1, 0.15) is 24.3 Å². The van der Waals surface area contributed by atoms with E-state index in [9.17, 15) is 0 Å². The summed E-state index contributed by atoms with van der Waals surface area (Å²) in [6.45, 7) is 0.296. The number of hydrogen-bond acceptors (Lipinski definition) is 3. The van der Waals surface area contributed by atoms with Crippen molar-refractivity contribution in [3.8, 4) is 5.88 Å². The zero-order chi connectivity index (χ0) is 9.97. The number of aliphatic hydroxyl groups is 1. The number of hydrogen-bond donors (Lipinski definition) is 1. The maximum absolute atomic E-state index is 8.79. The highest BCUT2D eigenvalue weighted by atomic mass is 16.5. The molecular weight excluding hydrogens is 178 g/mol. The fourth-order valence-electron chi connectivity index (χ4n) is 1.87. The van der Waals surface area contributed by atoms with Crippen LogP contribution >= 0.6 is 0 Å². The molecule has 0 radical (unpaired) electrons. The predicted octanol–water partition coefficient (Wildman–Crippen LogP) is 1.58. The predicted molar refractivity (Wildman–Crippen MR) is 53.3 cm³/mol. The highest BCUT2D eigenvalue weighted by Crippen LogP contribution is 2.49. The lowest BCUT2D eigenvalue weighted by molar-refractivity contribution is 0.279. The molecule has 1 heterocycles. The second-order valence-electron chi connectivity index (χ2n) is 3.75. The van der Waals surface area contributed by atoms with E-state index in [-0.39, 0.29) is 0 Å². The van der Waals surface area contributed by atoms with E-state index >= 15 is 0 Å². The van der Waals surface area contributed by atoms with Crippen molar-refractivity contribution in [2.45, 2.75) is 18.8 Å². The molecule has 0 aromatic carbocycles. The molecule has 0 saturated heterocycles. The van der Waals surface area contributed by atoms with Crippen LogP contribution in [-0.4, -0.2) is 23.8 Å². The number of aliphatic hydroxyl groups excluding tert-OH is 1. The Hall–Kier alpha value is -1.09. The van der Waals surface area contributed by atoms with Gasteiger partial charge in [0.1, 0.15) is 0 Å². The van der Waals surface area contributed by atoms with Crippen molar-refractivity contribution in [1.29, 1.82) is 0 Å². The summed E-state index contributed by atoms with van der Waals surface area (Å²) in [6.07, 6.45) is 3.98. The van der Waals surface area contributed by atoms with Gasteiger partial charge >= 0.3 is 0 Å². The molecular formula is C11H15NO2. The van der Waals surface area contributed by atoms with Crippen molar-refractivity contribution in [2.24, 2.45) is 5.92 Å². The summed E-state index contributed by atoms with van der Waals surface area (Å²) in [6, 6.07) is 3.96. The van der Waals surface area contributed by atoms with E-state index in [2.05, 4.69) is 11.1 Å². The van der Waals surface area contributed by atoms with Crippen LogP contribution in [0.5, 0.6) is 5.88 Å². The maximum Gasteiger partial charge on any atom is 0.212 e. The minimum absolute atomic E-state index is 0.296. The van der Waals surface area contributed by atoms with Gasteiger partial charge in [-0.05, 0) is 30.2 Å². The molecule has 1 aliphatic rings. The van der Waals surface area contributed by atoms with E-state index in [1.165, 1.54) is 12.0 Å². The molecule has 3 nitrogen and oxygen atoms in total. The minimum Gasteiger partial charge on any atom is -0.481 e. The Kier molecular flexibility index (Phi) is 2.68. The summed E-state index contributed by atoms with van der Waals surface area (Å²) < 4.78 is 4.99. The third-order valence-electron chi connectivity index (χ3n) is 2.82. The molecule has 0 amide bonds. The van der Waals surface area contributed by atoms with Crippen molar-refractivity contribution in [1.82, 2.24) is 4.98 Å². The van der Waals surface area contributed by atoms with Crippen LogP contribution in [-0.2, 0) is 0 Å². The van der Waals surface area contributed by atoms with Crippen LogP contribution in [0, 0.1) is 5.92 Å². The lowest BCUT2D eigenvalue weighted by Gasteiger charge is -2.01. The van der Waals surface area contributed by atoms with Gasteiger partial charge in [-0.2, -0.15) is 0 Å². The van der Waals surface area contributed by atoms with Gasteiger partial charge in [0.25, 0.3) is 0 Å². The molecule has 1 fully saturated rings. The van der Waals surface area contributed by atoms with Gasteiger partial charge in [0.2, 0.25) is 5.88 Å². The van der Waals surface area contributed by atoms with Gasteiger partial charge in [0.05, 0.1) is 7.11 Å². The van der Waals surface area contributed by atoms with Gasteiger partial charge in [-0.15, -0.1) is 0 Å². The van der Waals surface area contributed by atoms with Crippen LogP contribution in [0.3, 0.4) is 0 Å². The van der Waals surface area contributed by atoms with E-state index < -0.39 is 0 Å². The molecule has 3 heteroatoms. The van der Waals surface area contributed by atoms with Crippen molar-refractivity contribution in [2.75, 3.05) is 13.7 Å². The van der Waals surface area contributed by atoms with Crippen molar-refractivity contribution in [3.05, 3.63) is 23.9 Å². The standard InChI is InChI=1S/C11H15NO2/c1-14-11-3-2-9(7-12-11)10-6-8(10)4-5-13/h2-3,7-8,10,13H,4-6H2,1H3. The fourth-order valence-corrected chi connectivity index (χ4v) is 1.87. The van der Waals surface area contributed by atoms with E-state index in [0.717, 1.165) is 6.42 Å². The Morgan fingerprint density at radius 3 is 3.00 bits per heavy atom. The topological polar surface area (TPSA) is 42.4 Å². The van der Waals surface area contributed by atoms with Gasteiger partial charge in [-0.25, -0.2) is 4.98 Å². The molecule has 1 saturated carbocycles. The molecule has 14 heavy (non-hydrogen) atoms. The quantitative estimate of drug-likeness (QED) is 0.789. The molecule has 0 aliphatic heterocycles. The van der Waals surface area contributed by atoms with Gasteiger partial charge in [-0.1, -0.05) is 6.07 Å². The van der Waals surface area contributed by atoms with Crippen LogP contribution in [0.2, 0.25) is 0 Å². The Bertz CT molecular complexity index is 297. The maximum atomic E-state index is 8.79. The zero-order valence-corrected chi connectivity index (χ0v) is 8.31. The van der Waals surface area contributed by atoms with E-state index in [1.54, 1.807) is 7.11 Å². The second kappa shape index (κ2) is 3.96. The van der Waals surface area contributed by atoms with E-state index in [4.69, 9.17) is 9.84 Å². The molecule has 76 valence electrons. The number of methoxy groups -OCH3 is 1. The Balaban J connectivity index is 1.98. The van der Waals surface area contributed by atoms with Crippen molar-refractivity contribution in [3.63, 3.8) is 0 Å². The summed E-state index contributed by atoms with van der Waals surface area (Å²) in [5.74, 6) is 1.93. The van der Waals surface area contributed by atoms with Crippen LogP contribution in [0.25, 0.3) is 0 Å². The monoisotopic (exact) mass is 193 g/mol. The van der Waals surface area contributed by atoms with Gasteiger partial charge in [-0.3, -0.25) is 0 Å². The summed E-state index contributed by atoms with van der Waals surface area (Å²) in [5.41, 5.74) is 1.27. The van der Waals surface area contributed by atoms with E-state index in [0.29, 0.717) is 24.3 Å². The van der Waals surface area contributed by atoms with Crippen molar-refractivity contribution < 1.29 is 9.84 Å². The highest BCUT2D eigenvalue weighted by molar-refractivity contribution is 5.26. The molecule has 0 spiro atoms. The lowest BCUT2D eigenvalue weighted by Crippen LogP contribution is -1.91. The summed E-state index contributed by atoms with van der Waals surface area (Å²) in [5, 5.41) is 8.79. The molecule has 1 aromatic rings. The number of aromatic nitrogens is 1. The summed E-state index contributed by atoms with van der Waals surface area (Å²) in [4.78, 5) is 4.17. The number of rotatable bonds is 4. The molecule has 1 N–H and O–H groups in total. The summed E-state index contributed by atoms with van der Waals surface area (Å²) >= 11 is 0. The first kappa shape index (κ1) is 9.46. The number of ether oxygens (including phenoxy) is 1. The lowest BCUT2D eigenvalue weighted by atomic mass is 10.1. The Labute approximate surface area is 83.7 Å². The fraction of sp³-hybridized carbons (Fsp3) is 0.545. The average Bonchev–Trinajstić information content (AvgIpc) is 2.98. The molecule has 2 rings (SSSR count). The minimum atomic E-state index is 0.296. The van der Waals surface area contributed by atoms with E-state index in [1.807, 2.05) is 12.3 Å². The average molecular weight is 193 g/mol. The third kappa shape index (κ3) is 1.87. The Morgan fingerprint density at radius 2 is 2.43 bits per heavy atom. The largest absolute Gasteiger partial charge is 0.481 e. The molecule has 0 bridgehead atoms. The van der Waals surface area contributed by atoms with Crippen LogP contribution in [0.4, 0.5) is 0 Å². The normalized spacial score (nSPS) is 24.7. The molecule has 1 aliphatic carbocycles. The van der Waals surface area contributed by atoms with Gasteiger partial charge < -0.3 is 9.84 Å². The van der Waals surface area contributed by atoms with Crippen LogP contribution in [0.15, 0.2) is 18.3 Å². The van der Waals surface area contributed by atoms with Crippen LogP contribution < -0.4 is 4.74 Å². The summed E-state index contributed by atoms with van der Waals surface area (Å²) in [7, 11) is 1.62. The number of nitrogens with zero attached hydrogens (tertiary/aromatic N) is 1. The number of pyridine rings is 1. The first-order valence-electron chi connectivity index (χ1n) is 4.96. The van der Waals surface area contributed by atoms with Gasteiger partial charge in [0, 0.05) is 18.9 Å². The first-order chi connectivity index (χ1) is 6.85. The third-order valence-corrected chi connectivity index (χ3v) is 2.82.